The Morgan fingerprint density at radius 2 is 2.10 bits per heavy atom. The van der Waals surface area contributed by atoms with Crippen molar-refractivity contribution in [2.75, 3.05) is 26.3 Å². The van der Waals surface area contributed by atoms with Gasteiger partial charge in [0.25, 0.3) is 0 Å². The molecule has 1 aliphatic heterocycles. The highest BCUT2D eigenvalue weighted by Gasteiger charge is 2.27. The van der Waals surface area contributed by atoms with Crippen LogP contribution in [0.25, 0.3) is 11.0 Å². The maximum atomic E-state index is 13.0. The smallest absolute Gasteiger partial charge is 0.243 e. The first kappa shape index (κ1) is 22.0. The van der Waals surface area contributed by atoms with Crippen LogP contribution < -0.4 is 0 Å². The van der Waals surface area contributed by atoms with Crippen LogP contribution in [0, 0.1) is 0 Å². The molecule has 0 aliphatic carbocycles. The number of fused-ring (bicyclic) bond motifs is 1. The molecule has 0 amide bonds. The van der Waals surface area contributed by atoms with E-state index in [1.54, 1.807) is 36.3 Å². The van der Waals surface area contributed by atoms with Crippen molar-refractivity contribution < 1.29 is 13.2 Å². The van der Waals surface area contributed by atoms with E-state index in [2.05, 4.69) is 28.3 Å². The molecule has 2 aromatic heterocycles. The molecule has 0 atom stereocenters. The number of hydrogen-bond donors (Lipinski definition) is 0. The van der Waals surface area contributed by atoms with Gasteiger partial charge in [-0.05, 0) is 24.6 Å². The van der Waals surface area contributed by atoms with Crippen molar-refractivity contribution in [2.45, 2.75) is 42.2 Å². The zero-order chi connectivity index (χ0) is 21.8. The van der Waals surface area contributed by atoms with Gasteiger partial charge in [-0.15, -0.1) is 16.8 Å². The highest BCUT2D eigenvalue weighted by molar-refractivity contribution is 7.98. The Hall–Kier alpha value is -2.21. The highest BCUT2D eigenvalue weighted by atomic mass is 32.2. The summed E-state index contributed by atoms with van der Waals surface area (Å²) in [5.74, 6) is 1.49. The monoisotopic (exact) mass is 462 g/mol. The molecule has 0 bridgehead atoms. The number of thioether (sulfide) groups is 1. The summed E-state index contributed by atoms with van der Waals surface area (Å²) in [7, 11) is -3.56. The second-order valence-corrected chi connectivity index (χ2v) is 10.1. The van der Waals surface area contributed by atoms with Crippen LogP contribution in [0.1, 0.15) is 19.2 Å². The summed E-state index contributed by atoms with van der Waals surface area (Å²) < 4.78 is 36.9. The molecule has 31 heavy (non-hydrogen) atoms. The van der Waals surface area contributed by atoms with Gasteiger partial charge in [0.05, 0.1) is 34.9 Å². The molecule has 4 rings (SSSR count). The molecule has 11 heteroatoms. The van der Waals surface area contributed by atoms with Crippen molar-refractivity contribution in [3.63, 3.8) is 0 Å². The number of aromatic nitrogens is 5. The summed E-state index contributed by atoms with van der Waals surface area (Å²) in [6, 6.07) is 5.22. The Morgan fingerprint density at radius 3 is 2.84 bits per heavy atom. The lowest BCUT2D eigenvalue weighted by Gasteiger charge is -2.26. The molecule has 0 radical (unpaired) electrons. The third-order valence-electron chi connectivity index (χ3n) is 5.09. The summed E-state index contributed by atoms with van der Waals surface area (Å²) in [6.45, 7) is 8.91. The largest absolute Gasteiger partial charge is 0.379 e. The summed E-state index contributed by atoms with van der Waals surface area (Å²) >= 11 is 1.55. The molecule has 1 aliphatic rings. The zero-order valence-corrected chi connectivity index (χ0v) is 19.1. The average molecular weight is 463 g/mol. The van der Waals surface area contributed by atoms with Crippen molar-refractivity contribution >= 4 is 32.8 Å². The van der Waals surface area contributed by atoms with E-state index in [4.69, 9.17) is 9.72 Å². The number of allylic oxidation sites excluding steroid dienone is 1. The molecule has 0 spiro atoms. The van der Waals surface area contributed by atoms with E-state index in [1.165, 1.54) is 4.31 Å². The van der Waals surface area contributed by atoms with Gasteiger partial charge in [-0.2, -0.15) is 4.31 Å². The first-order chi connectivity index (χ1) is 15.0. The number of rotatable bonds is 9. The Kier molecular flexibility index (Phi) is 6.75. The van der Waals surface area contributed by atoms with Crippen LogP contribution in [-0.4, -0.2) is 63.3 Å². The van der Waals surface area contributed by atoms with Crippen LogP contribution >= 0.6 is 11.8 Å². The molecular weight excluding hydrogens is 436 g/mol. The van der Waals surface area contributed by atoms with Gasteiger partial charge in [0.2, 0.25) is 10.0 Å². The Labute approximate surface area is 186 Å². The van der Waals surface area contributed by atoms with Gasteiger partial charge in [0.1, 0.15) is 12.2 Å². The minimum absolute atomic E-state index is 0.271. The van der Waals surface area contributed by atoms with E-state index in [0.717, 1.165) is 29.5 Å². The van der Waals surface area contributed by atoms with E-state index < -0.39 is 10.0 Å². The Bertz CT molecular complexity index is 1170. The molecule has 0 saturated carbocycles. The number of hydrogen-bond acceptors (Lipinski definition) is 7. The second kappa shape index (κ2) is 9.51. The number of sulfonamides is 1. The first-order valence-corrected chi connectivity index (χ1v) is 12.7. The van der Waals surface area contributed by atoms with Gasteiger partial charge < -0.3 is 13.9 Å². The molecule has 9 nitrogen and oxygen atoms in total. The van der Waals surface area contributed by atoms with Gasteiger partial charge in [-0.1, -0.05) is 24.8 Å². The van der Waals surface area contributed by atoms with Gasteiger partial charge >= 0.3 is 0 Å². The van der Waals surface area contributed by atoms with E-state index in [1.807, 2.05) is 10.6 Å². The van der Waals surface area contributed by atoms with Crippen molar-refractivity contribution in [1.82, 2.24) is 28.6 Å². The molecule has 0 N–H and O–H groups in total. The van der Waals surface area contributed by atoms with Crippen LogP contribution in [0.3, 0.4) is 0 Å². The zero-order valence-electron chi connectivity index (χ0n) is 17.5. The van der Waals surface area contributed by atoms with Gasteiger partial charge in [0.15, 0.2) is 5.16 Å². The predicted molar refractivity (Wildman–Crippen MR) is 119 cm³/mol. The quantitative estimate of drug-likeness (QED) is 0.356. The highest BCUT2D eigenvalue weighted by Crippen LogP contribution is 2.27. The minimum atomic E-state index is -3.56. The lowest BCUT2D eigenvalue weighted by molar-refractivity contribution is 0.0730. The minimum Gasteiger partial charge on any atom is -0.379 e. The third kappa shape index (κ3) is 4.54. The summed E-state index contributed by atoms with van der Waals surface area (Å²) in [4.78, 5) is 5.05. The van der Waals surface area contributed by atoms with E-state index in [9.17, 15) is 8.42 Å². The normalized spacial score (nSPS) is 15.5. The predicted octanol–water partition coefficient (Wildman–Crippen LogP) is 2.54. The Balaban J connectivity index is 1.64. The number of benzene rings is 1. The Morgan fingerprint density at radius 1 is 1.29 bits per heavy atom. The van der Waals surface area contributed by atoms with Crippen molar-refractivity contribution in [1.29, 1.82) is 0 Å². The maximum Gasteiger partial charge on any atom is 0.243 e. The molecule has 166 valence electrons. The maximum absolute atomic E-state index is 13.0. The number of ether oxygens (including phenoxy) is 1. The molecular formula is C20H26N6O3S2. The topological polar surface area (TPSA) is 95.1 Å². The van der Waals surface area contributed by atoms with E-state index in [-0.39, 0.29) is 4.90 Å². The van der Waals surface area contributed by atoms with E-state index in [0.29, 0.717) is 44.1 Å². The van der Waals surface area contributed by atoms with Crippen LogP contribution in [0.15, 0.2) is 47.2 Å². The lowest BCUT2D eigenvalue weighted by Crippen LogP contribution is -2.40. The number of imidazole rings is 1. The second-order valence-electron chi connectivity index (χ2n) is 7.19. The fourth-order valence-electron chi connectivity index (χ4n) is 3.59. The average Bonchev–Trinajstić information content (AvgIpc) is 3.37. The van der Waals surface area contributed by atoms with Crippen LogP contribution in [0.5, 0.6) is 0 Å². The summed E-state index contributed by atoms with van der Waals surface area (Å²) in [6.07, 6.45) is 4.43. The molecule has 1 aromatic carbocycles. The first-order valence-electron chi connectivity index (χ1n) is 10.2. The molecule has 0 unspecified atom stereocenters. The fraction of sp³-hybridized carbons (Fsp3) is 0.450. The molecule has 3 aromatic rings. The number of nitrogens with zero attached hydrogens (tertiary/aromatic N) is 6. The number of morpholine rings is 1. The molecule has 1 fully saturated rings. The third-order valence-corrected chi connectivity index (χ3v) is 7.96. The van der Waals surface area contributed by atoms with Gasteiger partial charge in [-0.25, -0.2) is 13.4 Å². The lowest BCUT2D eigenvalue weighted by atomic mass is 10.3. The van der Waals surface area contributed by atoms with Crippen molar-refractivity contribution in [3.05, 3.63) is 43.0 Å². The van der Waals surface area contributed by atoms with Crippen LogP contribution in [0.2, 0.25) is 0 Å². The standard InChI is InChI=1S/C20H26N6O3S2/c1-3-7-24-15-21-23-20(24)30-14-19-22-17-13-16(5-6-18(17)26(19)8-4-2)31(27,28)25-9-11-29-12-10-25/h3,5-6,13,15H,1,4,7-12,14H2,2H3. The SMILES string of the molecule is C=CCn1cnnc1SCc1nc2cc(S(=O)(=O)N3CCOCC3)ccc2n1CCC. The summed E-state index contributed by atoms with van der Waals surface area (Å²) in [5, 5.41) is 8.94. The van der Waals surface area contributed by atoms with Gasteiger partial charge in [-0.3, -0.25) is 0 Å². The van der Waals surface area contributed by atoms with Crippen molar-refractivity contribution in [3.8, 4) is 0 Å². The summed E-state index contributed by atoms with van der Waals surface area (Å²) in [5.41, 5.74) is 1.62. The van der Waals surface area contributed by atoms with E-state index >= 15 is 0 Å². The molecule has 1 saturated heterocycles. The van der Waals surface area contributed by atoms with Crippen LogP contribution in [-0.2, 0) is 33.6 Å². The van der Waals surface area contributed by atoms with Crippen LogP contribution in [0.4, 0.5) is 0 Å². The number of aryl methyl sites for hydroxylation is 1. The van der Waals surface area contributed by atoms with Crippen molar-refractivity contribution in [2.24, 2.45) is 0 Å². The van der Waals surface area contributed by atoms with Gasteiger partial charge in [0, 0.05) is 26.2 Å². The fourth-order valence-corrected chi connectivity index (χ4v) is 5.89. The molecule has 3 heterocycles.